The van der Waals surface area contributed by atoms with Crippen LogP contribution in [0.1, 0.15) is 10.4 Å². The number of hydrogen-bond donors (Lipinski definition) is 2. The molecule has 0 heterocycles. The zero-order valence-corrected chi connectivity index (χ0v) is 11.1. The number of nitro groups is 1. The second kappa shape index (κ2) is 5.91. The molecule has 0 amide bonds. The van der Waals surface area contributed by atoms with Gasteiger partial charge in [-0.05, 0) is 30.3 Å². The number of hydrogen-bond acceptors (Lipinski definition) is 5. The minimum atomic E-state index is -1.00. The summed E-state index contributed by atoms with van der Waals surface area (Å²) in [6.07, 6.45) is 0. The Hall–Kier alpha value is -3.09. The van der Waals surface area contributed by atoms with Crippen molar-refractivity contribution in [2.75, 3.05) is 12.4 Å². The molecular weight excluding hydrogens is 276 g/mol. The third-order valence-corrected chi connectivity index (χ3v) is 2.80. The number of nitro benzene ring substituents is 1. The van der Waals surface area contributed by atoms with Crippen molar-refractivity contribution >= 4 is 23.0 Å². The van der Waals surface area contributed by atoms with E-state index in [1.54, 1.807) is 18.2 Å². The maximum Gasteiger partial charge on any atom is 0.335 e. The van der Waals surface area contributed by atoms with Crippen molar-refractivity contribution in [1.82, 2.24) is 0 Å². The van der Waals surface area contributed by atoms with E-state index in [0.717, 1.165) is 0 Å². The molecule has 0 saturated carbocycles. The summed E-state index contributed by atoms with van der Waals surface area (Å²) in [5.74, 6) is -0.856. The van der Waals surface area contributed by atoms with E-state index in [9.17, 15) is 14.9 Å². The van der Waals surface area contributed by atoms with Gasteiger partial charge >= 0.3 is 11.7 Å². The fourth-order valence-electron chi connectivity index (χ4n) is 1.77. The SMILES string of the molecule is COc1cc(Nc2ccc(C(=O)O)cc2)ccc1[N+](=O)[O-]. The number of aromatic carboxylic acids is 1. The van der Waals surface area contributed by atoms with E-state index in [4.69, 9.17) is 9.84 Å². The van der Waals surface area contributed by atoms with Crippen LogP contribution in [0.25, 0.3) is 0 Å². The second-order valence-electron chi connectivity index (χ2n) is 4.15. The van der Waals surface area contributed by atoms with Gasteiger partial charge in [-0.2, -0.15) is 0 Å². The van der Waals surface area contributed by atoms with Gasteiger partial charge in [-0.3, -0.25) is 10.1 Å². The Morgan fingerprint density at radius 2 is 1.81 bits per heavy atom. The molecule has 2 N–H and O–H groups in total. The van der Waals surface area contributed by atoms with E-state index in [1.807, 2.05) is 0 Å². The highest BCUT2D eigenvalue weighted by atomic mass is 16.6. The topological polar surface area (TPSA) is 102 Å². The first-order chi connectivity index (χ1) is 10.0. The van der Waals surface area contributed by atoms with Gasteiger partial charge in [0.15, 0.2) is 5.75 Å². The van der Waals surface area contributed by atoms with Gasteiger partial charge in [0.2, 0.25) is 0 Å². The fraction of sp³-hybridized carbons (Fsp3) is 0.0714. The molecule has 0 unspecified atom stereocenters. The standard InChI is InChI=1S/C14H12N2O5/c1-21-13-8-11(6-7-12(13)16(19)20)15-10-4-2-9(3-5-10)14(17)18/h2-8,15H,1H3,(H,17,18). The number of anilines is 2. The number of rotatable bonds is 5. The normalized spacial score (nSPS) is 9.95. The van der Waals surface area contributed by atoms with Crippen molar-refractivity contribution < 1.29 is 19.6 Å². The zero-order valence-electron chi connectivity index (χ0n) is 11.1. The Morgan fingerprint density at radius 3 is 2.33 bits per heavy atom. The number of carboxylic acid groups (broad SMARTS) is 1. The van der Waals surface area contributed by atoms with Crippen molar-refractivity contribution in [2.24, 2.45) is 0 Å². The Bertz CT molecular complexity index is 682. The third-order valence-electron chi connectivity index (χ3n) is 2.80. The van der Waals surface area contributed by atoms with Crippen molar-refractivity contribution in [3.63, 3.8) is 0 Å². The van der Waals surface area contributed by atoms with Crippen LogP contribution >= 0.6 is 0 Å². The quantitative estimate of drug-likeness (QED) is 0.647. The Morgan fingerprint density at radius 1 is 1.19 bits per heavy atom. The summed E-state index contributed by atoms with van der Waals surface area (Å²) in [5.41, 5.74) is 1.32. The average Bonchev–Trinajstić information content (AvgIpc) is 2.47. The van der Waals surface area contributed by atoms with E-state index >= 15 is 0 Å². The lowest BCUT2D eigenvalue weighted by Crippen LogP contribution is -1.98. The molecule has 21 heavy (non-hydrogen) atoms. The molecule has 0 bridgehead atoms. The van der Waals surface area contributed by atoms with E-state index in [0.29, 0.717) is 11.4 Å². The van der Waals surface area contributed by atoms with Crippen molar-refractivity contribution in [3.05, 3.63) is 58.1 Å². The molecule has 7 nitrogen and oxygen atoms in total. The number of methoxy groups -OCH3 is 1. The number of nitrogens with zero attached hydrogens (tertiary/aromatic N) is 1. The highest BCUT2D eigenvalue weighted by molar-refractivity contribution is 5.88. The van der Waals surface area contributed by atoms with E-state index in [-0.39, 0.29) is 17.0 Å². The van der Waals surface area contributed by atoms with Crippen molar-refractivity contribution in [1.29, 1.82) is 0 Å². The number of ether oxygens (including phenoxy) is 1. The summed E-state index contributed by atoms with van der Waals surface area (Å²) in [7, 11) is 1.35. The minimum Gasteiger partial charge on any atom is -0.490 e. The third kappa shape index (κ3) is 3.27. The number of carbonyl (C=O) groups is 1. The van der Waals surface area contributed by atoms with Crippen LogP contribution in [0.2, 0.25) is 0 Å². The van der Waals surface area contributed by atoms with Gasteiger partial charge in [0.1, 0.15) is 0 Å². The summed E-state index contributed by atoms with van der Waals surface area (Å²) in [6.45, 7) is 0. The molecule has 0 aliphatic rings. The van der Waals surface area contributed by atoms with Gasteiger partial charge in [0, 0.05) is 23.5 Å². The Labute approximate surface area is 119 Å². The van der Waals surface area contributed by atoms with Crippen molar-refractivity contribution in [2.45, 2.75) is 0 Å². The molecule has 0 aliphatic heterocycles. The molecular formula is C14H12N2O5. The predicted octanol–water partition coefficient (Wildman–Crippen LogP) is 3.05. The molecule has 0 saturated heterocycles. The average molecular weight is 288 g/mol. The van der Waals surface area contributed by atoms with Crippen LogP contribution in [0.4, 0.5) is 17.1 Å². The van der Waals surface area contributed by atoms with Gasteiger partial charge in [-0.25, -0.2) is 4.79 Å². The summed E-state index contributed by atoms with van der Waals surface area (Å²) in [4.78, 5) is 21.0. The van der Waals surface area contributed by atoms with E-state index < -0.39 is 10.9 Å². The maximum absolute atomic E-state index is 10.8. The van der Waals surface area contributed by atoms with Crippen LogP contribution in [0, 0.1) is 10.1 Å². The van der Waals surface area contributed by atoms with Crippen LogP contribution in [0.15, 0.2) is 42.5 Å². The van der Waals surface area contributed by atoms with Gasteiger partial charge in [-0.1, -0.05) is 0 Å². The first-order valence-electron chi connectivity index (χ1n) is 5.94. The Kier molecular flexibility index (Phi) is 4.03. The van der Waals surface area contributed by atoms with E-state index in [1.165, 1.54) is 31.4 Å². The molecule has 0 aliphatic carbocycles. The largest absolute Gasteiger partial charge is 0.490 e. The number of nitrogens with one attached hydrogen (secondary N) is 1. The molecule has 0 spiro atoms. The smallest absolute Gasteiger partial charge is 0.335 e. The lowest BCUT2D eigenvalue weighted by Gasteiger charge is -2.08. The second-order valence-corrected chi connectivity index (χ2v) is 4.15. The van der Waals surface area contributed by atoms with Gasteiger partial charge in [-0.15, -0.1) is 0 Å². The van der Waals surface area contributed by atoms with Crippen LogP contribution in [0.3, 0.4) is 0 Å². The first-order valence-corrected chi connectivity index (χ1v) is 5.94. The van der Waals surface area contributed by atoms with Crippen LogP contribution in [-0.2, 0) is 0 Å². The highest BCUT2D eigenvalue weighted by Crippen LogP contribution is 2.31. The summed E-state index contributed by atoms with van der Waals surface area (Å²) < 4.78 is 4.98. The molecule has 7 heteroatoms. The molecule has 0 radical (unpaired) electrons. The molecule has 0 aromatic heterocycles. The molecule has 2 aromatic carbocycles. The van der Waals surface area contributed by atoms with E-state index in [2.05, 4.69) is 5.32 Å². The lowest BCUT2D eigenvalue weighted by molar-refractivity contribution is -0.385. The van der Waals surface area contributed by atoms with Crippen LogP contribution < -0.4 is 10.1 Å². The molecule has 108 valence electrons. The van der Waals surface area contributed by atoms with Gasteiger partial charge in [0.25, 0.3) is 0 Å². The minimum absolute atomic E-state index is 0.121. The summed E-state index contributed by atoms with van der Waals surface area (Å²) in [6, 6.07) is 10.5. The zero-order chi connectivity index (χ0) is 15.4. The van der Waals surface area contributed by atoms with Gasteiger partial charge < -0.3 is 15.2 Å². The number of benzene rings is 2. The molecule has 2 rings (SSSR count). The highest BCUT2D eigenvalue weighted by Gasteiger charge is 2.14. The van der Waals surface area contributed by atoms with Crippen LogP contribution in [0.5, 0.6) is 5.75 Å². The monoisotopic (exact) mass is 288 g/mol. The van der Waals surface area contributed by atoms with Crippen molar-refractivity contribution in [3.8, 4) is 5.75 Å². The summed E-state index contributed by atoms with van der Waals surface area (Å²) >= 11 is 0. The van der Waals surface area contributed by atoms with Gasteiger partial charge in [0.05, 0.1) is 17.6 Å². The first kappa shape index (κ1) is 14.3. The molecule has 0 atom stereocenters. The van der Waals surface area contributed by atoms with Crippen LogP contribution in [-0.4, -0.2) is 23.1 Å². The summed E-state index contributed by atoms with van der Waals surface area (Å²) in [5, 5.41) is 22.6. The number of carboxylic acids is 1. The maximum atomic E-state index is 10.8. The Balaban J connectivity index is 2.23. The predicted molar refractivity (Wildman–Crippen MR) is 76.3 cm³/mol. The molecule has 0 fully saturated rings. The molecule has 2 aromatic rings. The fourth-order valence-corrected chi connectivity index (χ4v) is 1.77. The lowest BCUT2D eigenvalue weighted by atomic mass is 10.2.